The molecular formula is C20H16Br2N2O2. The molecular weight excluding hydrogens is 460 g/mol. The van der Waals surface area contributed by atoms with Gasteiger partial charge in [0.15, 0.2) is 0 Å². The monoisotopic (exact) mass is 474 g/mol. The molecule has 132 valence electrons. The molecule has 0 aliphatic heterocycles. The molecule has 0 radical (unpaired) electrons. The van der Waals surface area contributed by atoms with Crippen LogP contribution in [0.4, 0.5) is 0 Å². The lowest BCUT2D eigenvalue weighted by Gasteiger charge is -2.07. The average molecular weight is 476 g/mol. The van der Waals surface area contributed by atoms with Crippen LogP contribution in [0.5, 0.6) is 5.75 Å². The van der Waals surface area contributed by atoms with E-state index in [1.54, 1.807) is 13.3 Å². The SMILES string of the molecule is COc1ccc(C=NNC(=O)Cc2ccc(Br)c3ccccc23)cc1Br. The summed E-state index contributed by atoms with van der Waals surface area (Å²) >= 11 is 6.97. The highest BCUT2D eigenvalue weighted by molar-refractivity contribution is 9.11. The molecule has 0 unspecified atom stereocenters. The highest BCUT2D eigenvalue weighted by Crippen LogP contribution is 2.27. The Morgan fingerprint density at radius 1 is 1.08 bits per heavy atom. The number of hydrogen-bond acceptors (Lipinski definition) is 3. The van der Waals surface area contributed by atoms with Crippen molar-refractivity contribution >= 4 is 54.8 Å². The second-order valence-electron chi connectivity index (χ2n) is 5.62. The van der Waals surface area contributed by atoms with Crippen LogP contribution >= 0.6 is 31.9 Å². The number of hydrazone groups is 1. The highest BCUT2D eigenvalue weighted by Gasteiger charge is 2.08. The van der Waals surface area contributed by atoms with Crippen molar-refractivity contribution in [2.75, 3.05) is 7.11 Å². The Morgan fingerprint density at radius 2 is 1.85 bits per heavy atom. The summed E-state index contributed by atoms with van der Waals surface area (Å²) in [5.74, 6) is 0.578. The Hall–Kier alpha value is -2.18. The molecule has 1 amide bonds. The van der Waals surface area contributed by atoms with Crippen molar-refractivity contribution in [1.29, 1.82) is 0 Å². The number of methoxy groups -OCH3 is 1. The number of ether oxygens (including phenoxy) is 1. The van der Waals surface area contributed by atoms with Crippen molar-refractivity contribution in [2.24, 2.45) is 5.10 Å². The summed E-state index contributed by atoms with van der Waals surface area (Å²) in [6.07, 6.45) is 1.86. The van der Waals surface area contributed by atoms with Crippen molar-refractivity contribution in [2.45, 2.75) is 6.42 Å². The second-order valence-corrected chi connectivity index (χ2v) is 7.32. The number of nitrogens with one attached hydrogen (secondary N) is 1. The van der Waals surface area contributed by atoms with Gasteiger partial charge < -0.3 is 4.74 Å². The Morgan fingerprint density at radius 3 is 2.58 bits per heavy atom. The smallest absolute Gasteiger partial charge is 0.244 e. The van der Waals surface area contributed by atoms with Gasteiger partial charge in [-0.25, -0.2) is 5.43 Å². The van der Waals surface area contributed by atoms with Crippen molar-refractivity contribution in [3.63, 3.8) is 0 Å². The van der Waals surface area contributed by atoms with Gasteiger partial charge >= 0.3 is 0 Å². The van der Waals surface area contributed by atoms with Crippen LogP contribution in [0.2, 0.25) is 0 Å². The Kier molecular flexibility index (Phi) is 6.06. The van der Waals surface area contributed by atoms with Crippen molar-refractivity contribution in [3.8, 4) is 5.75 Å². The van der Waals surface area contributed by atoms with E-state index in [4.69, 9.17) is 4.74 Å². The van der Waals surface area contributed by atoms with Crippen molar-refractivity contribution < 1.29 is 9.53 Å². The molecule has 0 aromatic heterocycles. The average Bonchev–Trinajstić information content (AvgIpc) is 2.64. The molecule has 0 fully saturated rings. The van der Waals surface area contributed by atoms with Crippen LogP contribution < -0.4 is 10.2 Å². The molecule has 0 atom stereocenters. The fourth-order valence-electron chi connectivity index (χ4n) is 2.63. The Balaban J connectivity index is 1.68. The summed E-state index contributed by atoms with van der Waals surface area (Å²) in [7, 11) is 1.61. The largest absolute Gasteiger partial charge is 0.496 e. The van der Waals surface area contributed by atoms with E-state index in [0.29, 0.717) is 0 Å². The molecule has 0 spiro atoms. The van der Waals surface area contributed by atoms with E-state index in [2.05, 4.69) is 42.4 Å². The zero-order valence-corrected chi connectivity index (χ0v) is 17.2. The molecule has 0 aliphatic carbocycles. The first-order valence-electron chi connectivity index (χ1n) is 7.90. The van der Waals surface area contributed by atoms with Crippen molar-refractivity contribution in [3.05, 3.63) is 74.7 Å². The minimum Gasteiger partial charge on any atom is -0.496 e. The number of hydrogen-bond donors (Lipinski definition) is 1. The van der Waals surface area contributed by atoms with Crippen LogP contribution in [0.25, 0.3) is 10.8 Å². The Bertz CT molecular complexity index is 987. The third-order valence-electron chi connectivity index (χ3n) is 3.89. The summed E-state index contributed by atoms with van der Waals surface area (Å²) in [4.78, 5) is 12.2. The fraction of sp³-hybridized carbons (Fsp3) is 0.100. The maximum atomic E-state index is 12.2. The molecule has 3 aromatic carbocycles. The van der Waals surface area contributed by atoms with Gasteiger partial charge in [0.1, 0.15) is 5.75 Å². The van der Waals surface area contributed by atoms with E-state index in [1.807, 2.05) is 54.6 Å². The minimum atomic E-state index is -0.165. The second kappa shape index (κ2) is 8.47. The first kappa shape index (κ1) is 18.6. The number of carbonyl (C=O) groups is 1. The topological polar surface area (TPSA) is 50.7 Å². The zero-order valence-electron chi connectivity index (χ0n) is 14.0. The van der Waals surface area contributed by atoms with E-state index >= 15 is 0 Å². The molecule has 0 bridgehead atoms. The lowest BCUT2D eigenvalue weighted by atomic mass is 10.0. The summed E-state index contributed by atoms with van der Waals surface area (Å²) < 4.78 is 7.03. The first-order valence-corrected chi connectivity index (χ1v) is 9.48. The molecule has 3 rings (SSSR count). The van der Waals surface area contributed by atoms with E-state index in [0.717, 1.165) is 36.6 Å². The molecule has 1 N–H and O–H groups in total. The summed E-state index contributed by atoms with van der Waals surface area (Å²) in [5, 5.41) is 6.18. The number of fused-ring (bicyclic) bond motifs is 1. The van der Waals surface area contributed by atoms with Crippen LogP contribution in [-0.2, 0) is 11.2 Å². The van der Waals surface area contributed by atoms with Crippen LogP contribution in [-0.4, -0.2) is 19.2 Å². The van der Waals surface area contributed by atoms with Gasteiger partial charge in [-0.15, -0.1) is 0 Å². The highest BCUT2D eigenvalue weighted by atomic mass is 79.9. The standard InChI is InChI=1S/C20H16Br2N2O2/c1-26-19-9-6-13(10-18(19)22)12-23-24-20(25)11-14-7-8-17(21)16-5-3-2-4-15(14)16/h2-10,12H,11H2,1H3,(H,24,25). The number of carbonyl (C=O) groups excluding carboxylic acids is 1. The summed E-state index contributed by atoms with van der Waals surface area (Å²) in [5.41, 5.74) is 4.39. The molecule has 0 saturated heterocycles. The van der Waals surface area contributed by atoms with Crippen LogP contribution in [0.1, 0.15) is 11.1 Å². The first-order chi connectivity index (χ1) is 12.6. The number of benzene rings is 3. The molecule has 0 heterocycles. The van der Waals surface area contributed by atoms with E-state index in [9.17, 15) is 4.79 Å². The molecule has 4 nitrogen and oxygen atoms in total. The predicted octanol–water partition coefficient (Wildman–Crippen LogP) is 5.07. The van der Waals surface area contributed by atoms with Gasteiger partial charge in [0.05, 0.1) is 24.2 Å². The molecule has 3 aromatic rings. The van der Waals surface area contributed by atoms with Gasteiger partial charge in [0.25, 0.3) is 0 Å². The predicted molar refractivity (Wildman–Crippen MR) is 112 cm³/mol. The van der Waals surface area contributed by atoms with Crippen molar-refractivity contribution in [1.82, 2.24) is 5.43 Å². The molecule has 0 aliphatic rings. The van der Waals surface area contributed by atoms with Gasteiger partial charge in [-0.2, -0.15) is 5.10 Å². The Labute approximate surface area is 168 Å². The fourth-order valence-corrected chi connectivity index (χ4v) is 3.67. The van der Waals surface area contributed by atoms with Crippen LogP contribution in [0, 0.1) is 0 Å². The third kappa shape index (κ3) is 4.31. The van der Waals surface area contributed by atoms with Gasteiger partial charge in [0.2, 0.25) is 5.91 Å². The van der Waals surface area contributed by atoms with Gasteiger partial charge in [0, 0.05) is 4.47 Å². The number of rotatable bonds is 5. The lowest BCUT2D eigenvalue weighted by molar-refractivity contribution is -0.120. The molecule has 26 heavy (non-hydrogen) atoms. The van der Waals surface area contributed by atoms with Gasteiger partial charge in [-0.05, 0) is 62.1 Å². The number of amides is 1. The van der Waals surface area contributed by atoms with E-state index in [1.165, 1.54) is 0 Å². The van der Waals surface area contributed by atoms with Gasteiger partial charge in [-0.1, -0.05) is 46.3 Å². The van der Waals surface area contributed by atoms with Crippen LogP contribution in [0.3, 0.4) is 0 Å². The third-order valence-corrected chi connectivity index (χ3v) is 5.20. The van der Waals surface area contributed by atoms with E-state index < -0.39 is 0 Å². The normalized spacial score (nSPS) is 11.0. The van der Waals surface area contributed by atoms with Crippen LogP contribution in [0.15, 0.2) is 68.6 Å². The minimum absolute atomic E-state index is 0.165. The molecule has 0 saturated carbocycles. The molecule has 6 heteroatoms. The summed E-state index contributed by atoms with van der Waals surface area (Å²) in [6.45, 7) is 0. The maximum Gasteiger partial charge on any atom is 0.244 e. The zero-order chi connectivity index (χ0) is 18.5. The quantitative estimate of drug-likeness (QED) is 0.414. The van der Waals surface area contributed by atoms with E-state index in [-0.39, 0.29) is 12.3 Å². The number of halogens is 2. The van der Waals surface area contributed by atoms with Gasteiger partial charge in [-0.3, -0.25) is 4.79 Å². The summed E-state index contributed by atoms with van der Waals surface area (Å²) in [6, 6.07) is 17.5. The maximum absolute atomic E-state index is 12.2. The number of nitrogens with zero attached hydrogens (tertiary/aromatic N) is 1. The lowest BCUT2D eigenvalue weighted by Crippen LogP contribution is -2.19.